The van der Waals surface area contributed by atoms with Gasteiger partial charge in [0.15, 0.2) is 6.61 Å². The predicted molar refractivity (Wildman–Crippen MR) is 139 cm³/mol. The van der Waals surface area contributed by atoms with Crippen molar-refractivity contribution in [3.8, 4) is 5.75 Å². The van der Waals surface area contributed by atoms with Crippen molar-refractivity contribution in [2.45, 2.75) is 85.7 Å². The highest BCUT2D eigenvalue weighted by Crippen LogP contribution is 2.35. The van der Waals surface area contributed by atoms with E-state index in [9.17, 15) is 22.8 Å². The van der Waals surface area contributed by atoms with E-state index in [-0.39, 0.29) is 11.9 Å². The molecular weight excluding hydrogens is 485 g/mol. The minimum absolute atomic E-state index is 0.0826. The lowest BCUT2D eigenvalue weighted by Crippen LogP contribution is -2.36. The first-order valence-electron chi connectivity index (χ1n) is 13.1. The Balaban J connectivity index is 2.15. The summed E-state index contributed by atoms with van der Waals surface area (Å²) in [5.41, 5.74) is 0.217. The molecule has 0 aliphatic heterocycles. The van der Waals surface area contributed by atoms with Crippen molar-refractivity contribution < 1.29 is 37.0 Å². The molecule has 0 fully saturated rings. The fourth-order valence-corrected chi connectivity index (χ4v) is 3.87. The highest BCUT2D eigenvalue weighted by atomic mass is 19.4. The molecule has 1 unspecified atom stereocenters. The molecule has 0 saturated carbocycles. The zero-order valence-corrected chi connectivity index (χ0v) is 22.9. The predicted octanol–water partition coefficient (Wildman–Crippen LogP) is 7.78. The van der Waals surface area contributed by atoms with Gasteiger partial charge in [0.25, 0.3) is 0 Å². The molecule has 0 spiro atoms. The van der Waals surface area contributed by atoms with E-state index in [0.717, 1.165) is 51.0 Å². The van der Waals surface area contributed by atoms with Gasteiger partial charge in [-0.15, -0.1) is 0 Å². The molecule has 1 aromatic rings. The van der Waals surface area contributed by atoms with Crippen LogP contribution in [-0.2, 0) is 19.1 Å². The van der Waals surface area contributed by atoms with Crippen LogP contribution in [0.3, 0.4) is 0 Å². The summed E-state index contributed by atoms with van der Waals surface area (Å²) in [5.74, 6) is 0.240. The minimum atomic E-state index is -4.54. The number of hydrogen-bond donors (Lipinski definition) is 0. The van der Waals surface area contributed by atoms with E-state index in [1.54, 1.807) is 24.3 Å². The van der Waals surface area contributed by atoms with Crippen molar-refractivity contribution in [3.05, 3.63) is 35.9 Å². The molecule has 1 rings (SSSR count). The molecule has 37 heavy (non-hydrogen) atoms. The first kappa shape index (κ1) is 32.5. The lowest BCUT2D eigenvalue weighted by Gasteiger charge is -2.32. The number of benzene rings is 1. The van der Waals surface area contributed by atoms with Crippen LogP contribution in [0.5, 0.6) is 5.75 Å². The molecule has 0 saturated heterocycles. The van der Waals surface area contributed by atoms with Crippen LogP contribution in [0.2, 0.25) is 0 Å². The van der Waals surface area contributed by atoms with E-state index in [1.807, 2.05) is 6.92 Å². The Hall–Kier alpha value is -2.51. The molecule has 1 aromatic carbocycles. The van der Waals surface area contributed by atoms with E-state index >= 15 is 0 Å². The molecular formula is C29H43F3O5. The molecule has 0 N–H and O–H groups in total. The molecule has 1 atom stereocenters. The maximum absolute atomic E-state index is 12.6. The third kappa shape index (κ3) is 14.1. The smallest absolute Gasteiger partial charge is 0.422 e. The number of carbonyl (C=O) groups excluding carboxylic acids is 2. The summed E-state index contributed by atoms with van der Waals surface area (Å²) >= 11 is 0. The van der Waals surface area contributed by atoms with Gasteiger partial charge in [-0.1, -0.05) is 65.5 Å². The van der Waals surface area contributed by atoms with E-state index in [1.165, 1.54) is 6.08 Å². The monoisotopic (exact) mass is 528 g/mol. The van der Waals surface area contributed by atoms with Crippen LogP contribution in [0, 0.1) is 17.3 Å². The fraction of sp³-hybridized carbons (Fsp3) is 0.655. The number of halogens is 3. The van der Waals surface area contributed by atoms with Crippen LogP contribution >= 0.6 is 0 Å². The second kappa shape index (κ2) is 16.4. The molecule has 210 valence electrons. The van der Waals surface area contributed by atoms with Gasteiger partial charge >= 0.3 is 18.1 Å². The highest BCUT2D eigenvalue weighted by Gasteiger charge is 2.38. The van der Waals surface area contributed by atoms with Gasteiger partial charge in [0.05, 0.1) is 18.6 Å². The molecule has 0 aliphatic carbocycles. The van der Waals surface area contributed by atoms with Crippen molar-refractivity contribution in [1.82, 2.24) is 0 Å². The summed E-state index contributed by atoms with van der Waals surface area (Å²) < 4.78 is 51.5. The lowest BCUT2D eigenvalue weighted by molar-refractivity contribution is -0.182. The van der Waals surface area contributed by atoms with Gasteiger partial charge in [-0.3, -0.25) is 4.79 Å². The van der Waals surface area contributed by atoms with Gasteiger partial charge in [0.2, 0.25) is 0 Å². The molecule has 0 aromatic heterocycles. The topological polar surface area (TPSA) is 61.8 Å². The van der Waals surface area contributed by atoms with Crippen LogP contribution in [0.4, 0.5) is 13.2 Å². The number of esters is 2. The van der Waals surface area contributed by atoms with Gasteiger partial charge in [0, 0.05) is 6.08 Å². The van der Waals surface area contributed by atoms with Crippen LogP contribution in [0.25, 0.3) is 6.08 Å². The Labute approximate surface area is 219 Å². The van der Waals surface area contributed by atoms with Crippen LogP contribution in [0.1, 0.15) is 85.1 Å². The molecule has 0 aliphatic rings. The largest absolute Gasteiger partial charge is 0.494 e. The van der Waals surface area contributed by atoms with Gasteiger partial charge in [-0.25, -0.2) is 4.79 Å². The normalized spacial score (nSPS) is 13.7. The van der Waals surface area contributed by atoms with Crippen LogP contribution < -0.4 is 4.74 Å². The molecule has 0 bridgehead atoms. The zero-order valence-electron chi connectivity index (χ0n) is 22.9. The summed E-state index contributed by atoms with van der Waals surface area (Å²) in [5, 5.41) is 0. The zero-order chi connectivity index (χ0) is 27.9. The second-order valence-corrected chi connectivity index (χ2v) is 10.4. The van der Waals surface area contributed by atoms with E-state index < -0.39 is 24.2 Å². The van der Waals surface area contributed by atoms with Crippen LogP contribution in [-0.4, -0.2) is 37.9 Å². The number of hydrogen-bond acceptors (Lipinski definition) is 5. The maximum atomic E-state index is 12.6. The Morgan fingerprint density at radius 3 is 1.97 bits per heavy atom. The Bertz CT molecular complexity index is 831. The molecule has 0 radical (unpaired) electrons. The van der Waals surface area contributed by atoms with Crippen molar-refractivity contribution >= 4 is 18.0 Å². The number of ether oxygens (including phenoxy) is 3. The standard InChI is InChI=1S/C29H43F3O5/c1-22(2)20-28(5,23(3)4)27(34)36-19-11-9-7-6-8-10-18-35-25-15-12-24(13-16-25)14-17-26(33)37-21-29(30,31)32/h12-17,22-23H,6-11,18-21H2,1-5H3/b17-14+. The third-order valence-electron chi connectivity index (χ3n) is 6.28. The first-order chi connectivity index (χ1) is 17.3. The number of carbonyl (C=O) groups is 2. The minimum Gasteiger partial charge on any atom is -0.494 e. The Kier molecular flexibility index (Phi) is 14.4. The summed E-state index contributed by atoms with van der Waals surface area (Å²) in [4.78, 5) is 23.9. The molecule has 0 amide bonds. The van der Waals surface area contributed by atoms with Crippen molar-refractivity contribution in [2.24, 2.45) is 17.3 Å². The van der Waals surface area contributed by atoms with Crippen molar-refractivity contribution in [3.63, 3.8) is 0 Å². The van der Waals surface area contributed by atoms with Gasteiger partial charge in [0.1, 0.15) is 5.75 Å². The quantitative estimate of drug-likeness (QED) is 0.117. The van der Waals surface area contributed by atoms with Crippen molar-refractivity contribution in [1.29, 1.82) is 0 Å². The average Bonchev–Trinajstić information content (AvgIpc) is 2.82. The molecule has 0 heterocycles. The summed E-state index contributed by atoms with van der Waals surface area (Å²) in [7, 11) is 0. The SMILES string of the molecule is CC(C)CC(C)(C(=O)OCCCCCCCCOc1ccc(/C=C/C(=O)OCC(F)(F)F)cc1)C(C)C. The summed E-state index contributed by atoms with van der Waals surface area (Å²) in [6.07, 6.45) is 4.66. The third-order valence-corrected chi connectivity index (χ3v) is 6.28. The van der Waals surface area contributed by atoms with Crippen LogP contribution in [0.15, 0.2) is 30.3 Å². The average molecular weight is 529 g/mol. The van der Waals surface area contributed by atoms with E-state index in [4.69, 9.17) is 9.47 Å². The summed E-state index contributed by atoms with van der Waals surface area (Å²) in [6, 6.07) is 6.91. The van der Waals surface area contributed by atoms with E-state index in [2.05, 4.69) is 32.4 Å². The van der Waals surface area contributed by atoms with Gasteiger partial charge in [-0.2, -0.15) is 13.2 Å². The number of rotatable bonds is 17. The molecule has 5 nitrogen and oxygen atoms in total. The number of unbranched alkanes of at least 4 members (excludes halogenated alkanes) is 5. The first-order valence-corrected chi connectivity index (χ1v) is 13.1. The Morgan fingerprint density at radius 1 is 0.865 bits per heavy atom. The molecule has 8 heteroatoms. The fourth-order valence-electron chi connectivity index (χ4n) is 3.87. The van der Waals surface area contributed by atoms with Gasteiger partial charge in [-0.05, 0) is 61.8 Å². The van der Waals surface area contributed by atoms with Crippen molar-refractivity contribution in [2.75, 3.05) is 19.8 Å². The van der Waals surface area contributed by atoms with Gasteiger partial charge < -0.3 is 14.2 Å². The highest BCUT2D eigenvalue weighted by molar-refractivity contribution is 5.87. The summed E-state index contributed by atoms with van der Waals surface area (Å²) in [6.45, 7) is 9.88. The number of alkyl halides is 3. The Morgan fingerprint density at radius 2 is 1.43 bits per heavy atom. The lowest BCUT2D eigenvalue weighted by atomic mass is 9.73. The maximum Gasteiger partial charge on any atom is 0.422 e. The second-order valence-electron chi connectivity index (χ2n) is 10.4. The van der Waals surface area contributed by atoms with E-state index in [0.29, 0.717) is 30.4 Å².